The zero-order chi connectivity index (χ0) is 20.2. The number of carbonyl (C=O) groups is 1. The molecule has 28 heavy (non-hydrogen) atoms. The summed E-state index contributed by atoms with van der Waals surface area (Å²) in [5, 5.41) is 8.25. The minimum atomic E-state index is -0.703. The number of thioether (sulfide) groups is 1. The lowest BCUT2D eigenvalue weighted by atomic mass is 10.1. The van der Waals surface area contributed by atoms with Crippen LogP contribution in [0.15, 0.2) is 39.0 Å². The Morgan fingerprint density at radius 2 is 1.89 bits per heavy atom. The minimum Gasteiger partial charge on any atom is -0.384 e. The highest BCUT2D eigenvalue weighted by Crippen LogP contribution is 2.31. The summed E-state index contributed by atoms with van der Waals surface area (Å²) in [6.07, 6.45) is 0. The molecule has 0 bridgehead atoms. The fourth-order valence-corrected chi connectivity index (χ4v) is 4.88. The number of carbonyl (C=O) groups excluding carboxylic acids is 1. The summed E-state index contributed by atoms with van der Waals surface area (Å²) < 4.78 is 4.91. The monoisotopic (exact) mass is 416 g/mol. The molecule has 0 radical (unpaired) electrons. The summed E-state index contributed by atoms with van der Waals surface area (Å²) in [5.41, 5.74) is 5.38. The van der Waals surface area contributed by atoms with Gasteiger partial charge in [0, 0.05) is 14.1 Å². The number of nitrogen functional groups attached to an aromatic ring is 1. The molecule has 0 fully saturated rings. The van der Waals surface area contributed by atoms with Gasteiger partial charge in [-0.25, -0.2) is 4.79 Å². The molecule has 9 nitrogen and oxygen atoms in total. The molecule has 0 saturated heterocycles. The molecule has 1 aromatic carbocycles. The second-order valence-corrected chi connectivity index (χ2v) is 8.58. The highest BCUT2D eigenvalue weighted by atomic mass is 32.2. The molecule has 0 aliphatic carbocycles. The van der Waals surface area contributed by atoms with E-state index in [0.717, 1.165) is 24.3 Å². The first-order valence-corrected chi connectivity index (χ1v) is 10.00. The maximum absolute atomic E-state index is 13.0. The van der Waals surface area contributed by atoms with Gasteiger partial charge in [-0.2, -0.15) is 0 Å². The van der Waals surface area contributed by atoms with Crippen molar-refractivity contribution in [3.8, 4) is 0 Å². The molecule has 11 heteroatoms. The van der Waals surface area contributed by atoms with Crippen molar-refractivity contribution in [1.82, 2.24) is 23.7 Å². The summed E-state index contributed by atoms with van der Waals surface area (Å²) in [6.45, 7) is 1.67. The van der Waals surface area contributed by atoms with E-state index in [0.29, 0.717) is 5.16 Å². The number of nitrogens with zero attached hydrogens (tertiary/aromatic N) is 5. The number of ketones is 1. The Morgan fingerprint density at radius 3 is 2.64 bits per heavy atom. The van der Waals surface area contributed by atoms with E-state index in [1.807, 2.05) is 28.7 Å². The first-order valence-electron chi connectivity index (χ1n) is 8.30. The normalized spacial score (nSPS) is 12.7. The minimum absolute atomic E-state index is 0.141. The Labute approximate surface area is 166 Å². The van der Waals surface area contributed by atoms with Gasteiger partial charge in [-0.05, 0) is 19.1 Å². The molecule has 4 aromatic rings. The van der Waals surface area contributed by atoms with Crippen LogP contribution < -0.4 is 17.0 Å². The van der Waals surface area contributed by atoms with Crippen molar-refractivity contribution in [2.45, 2.75) is 17.3 Å². The molecule has 0 aliphatic rings. The summed E-state index contributed by atoms with van der Waals surface area (Å²) in [5.74, 6) is -0.604. The van der Waals surface area contributed by atoms with Crippen molar-refractivity contribution >= 4 is 49.9 Å². The summed E-state index contributed by atoms with van der Waals surface area (Å²) in [7, 11) is 2.74. The molecule has 2 N–H and O–H groups in total. The topological polar surface area (TPSA) is 117 Å². The van der Waals surface area contributed by atoms with Gasteiger partial charge in [-0.1, -0.05) is 35.2 Å². The molecule has 4 rings (SSSR count). The Bertz CT molecular complexity index is 1360. The molecule has 3 aromatic heterocycles. The summed E-state index contributed by atoms with van der Waals surface area (Å²) >= 11 is 2.70. The quantitative estimate of drug-likeness (QED) is 0.393. The number of nitrogens with two attached hydrogens (primary N) is 1. The van der Waals surface area contributed by atoms with Gasteiger partial charge in [-0.3, -0.25) is 23.1 Å². The molecule has 144 valence electrons. The summed E-state index contributed by atoms with van der Waals surface area (Å²) in [4.78, 5) is 38.1. The van der Waals surface area contributed by atoms with Gasteiger partial charge < -0.3 is 5.73 Å². The first-order chi connectivity index (χ1) is 13.3. The van der Waals surface area contributed by atoms with E-state index in [1.165, 1.54) is 37.2 Å². The molecular formula is C17H16N6O3S2. The van der Waals surface area contributed by atoms with Crippen molar-refractivity contribution in [3.63, 3.8) is 0 Å². The molecule has 1 unspecified atom stereocenters. The number of thiazole rings is 1. The smallest absolute Gasteiger partial charge is 0.332 e. The van der Waals surface area contributed by atoms with Gasteiger partial charge in [0.2, 0.25) is 4.96 Å². The second-order valence-electron chi connectivity index (χ2n) is 6.26. The van der Waals surface area contributed by atoms with Crippen LogP contribution in [0.1, 0.15) is 17.3 Å². The number of fused-ring (bicyclic) bond motifs is 3. The Hall–Kier alpha value is -2.92. The Balaban J connectivity index is 1.75. The lowest BCUT2D eigenvalue weighted by Gasteiger charge is -2.13. The molecule has 0 amide bonds. The summed E-state index contributed by atoms with van der Waals surface area (Å²) in [6, 6.07) is 7.82. The number of hydrogen-bond donors (Lipinski definition) is 1. The molecule has 3 heterocycles. The maximum Gasteiger partial charge on any atom is 0.332 e. The van der Waals surface area contributed by atoms with Crippen LogP contribution in [0.3, 0.4) is 0 Å². The van der Waals surface area contributed by atoms with E-state index < -0.39 is 22.3 Å². The average molecular weight is 416 g/mol. The number of para-hydroxylation sites is 1. The molecule has 0 spiro atoms. The number of hydrogen-bond acceptors (Lipinski definition) is 8. The fraction of sp³-hybridized carbons (Fsp3) is 0.235. The number of benzene rings is 1. The van der Waals surface area contributed by atoms with Crippen LogP contribution in [0.4, 0.5) is 5.82 Å². The van der Waals surface area contributed by atoms with Crippen molar-refractivity contribution in [1.29, 1.82) is 0 Å². The van der Waals surface area contributed by atoms with Crippen LogP contribution >= 0.6 is 23.1 Å². The molecule has 0 aliphatic heterocycles. The van der Waals surface area contributed by atoms with E-state index in [1.54, 1.807) is 6.92 Å². The predicted octanol–water partition coefficient (Wildman–Crippen LogP) is 1.29. The lowest BCUT2D eigenvalue weighted by molar-refractivity contribution is 0.0992. The van der Waals surface area contributed by atoms with Crippen LogP contribution in [0.25, 0.3) is 15.2 Å². The highest BCUT2D eigenvalue weighted by Gasteiger charge is 2.27. The van der Waals surface area contributed by atoms with Gasteiger partial charge in [0.15, 0.2) is 10.9 Å². The Morgan fingerprint density at radius 1 is 1.18 bits per heavy atom. The highest BCUT2D eigenvalue weighted by molar-refractivity contribution is 8.00. The van der Waals surface area contributed by atoms with Gasteiger partial charge in [-0.15, -0.1) is 10.2 Å². The maximum atomic E-state index is 13.0. The standard InChI is InChI=1S/C17H16N6O3S2/c1-8(12(24)11-13(18)21(2)17(26)22(3)14(11)25)27-15-19-20-16-23(15)9-6-4-5-7-10(9)28-16/h4-8H,18H2,1-3H3. The van der Waals surface area contributed by atoms with Crippen molar-refractivity contribution < 1.29 is 4.79 Å². The second kappa shape index (κ2) is 6.60. The van der Waals surface area contributed by atoms with E-state index in [9.17, 15) is 14.4 Å². The van der Waals surface area contributed by atoms with Gasteiger partial charge >= 0.3 is 5.69 Å². The van der Waals surface area contributed by atoms with Gasteiger partial charge in [0.05, 0.1) is 15.5 Å². The van der Waals surface area contributed by atoms with Crippen LogP contribution in [-0.4, -0.2) is 34.8 Å². The number of Topliss-reactive ketones (excluding diaryl/α,β-unsaturated/α-hetero) is 1. The van der Waals surface area contributed by atoms with Gasteiger partial charge in [0.1, 0.15) is 11.4 Å². The van der Waals surface area contributed by atoms with E-state index in [4.69, 9.17) is 5.73 Å². The van der Waals surface area contributed by atoms with Crippen molar-refractivity contribution in [3.05, 3.63) is 50.7 Å². The first kappa shape index (κ1) is 18.4. The Kier molecular flexibility index (Phi) is 4.35. The molecule has 0 saturated carbocycles. The van der Waals surface area contributed by atoms with Crippen LogP contribution in [0, 0.1) is 0 Å². The van der Waals surface area contributed by atoms with E-state index in [2.05, 4.69) is 10.2 Å². The zero-order valence-corrected chi connectivity index (χ0v) is 16.9. The lowest BCUT2D eigenvalue weighted by Crippen LogP contribution is -2.42. The third kappa shape index (κ3) is 2.66. The average Bonchev–Trinajstić information content (AvgIpc) is 3.24. The molecular weight excluding hydrogens is 400 g/mol. The van der Waals surface area contributed by atoms with Crippen molar-refractivity contribution in [2.24, 2.45) is 14.1 Å². The third-order valence-corrected chi connectivity index (χ3v) is 6.57. The van der Waals surface area contributed by atoms with Crippen LogP contribution in [-0.2, 0) is 14.1 Å². The van der Waals surface area contributed by atoms with Crippen LogP contribution in [0.5, 0.6) is 0 Å². The van der Waals surface area contributed by atoms with E-state index >= 15 is 0 Å². The largest absolute Gasteiger partial charge is 0.384 e. The van der Waals surface area contributed by atoms with Gasteiger partial charge in [0.25, 0.3) is 5.56 Å². The predicted molar refractivity (Wildman–Crippen MR) is 109 cm³/mol. The number of anilines is 1. The molecule has 1 atom stereocenters. The van der Waals surface area contributed by atoms with E-state index in [-0.39, 0.29) is 11.4 Å². The third-order valence-electron chi connectivity index (χ3n) is 4.52. The fourth-order valence-electron chi connectivity index (χ4n) is 2.94. The number of rotatable bonds is 4. The zero-order valence-electron chi connectivity index (χ0n) is 15.2. The van der Waals surface area contributed by atoms with Crippen molar-refractivity contribution in [2.75, 3.05) is 5.73 Å². The number of aromatic nitrogens is 5. The SMILES string of the molecule is CC(Sc1nnc2sc3ccccc3n12)C(=O)c1c(N)n(C)c(=O)n(C)c1=O. The van der Waals surface area contributed by atoms with Crippen LogP contribution in [0.2, 0.25) is 0 Å².